The van der Waals surface area contributed by atoms with E-state index >= 15 is 0 Å². The molecule has 1 aromatic carbocycles. The number of Topliss-reactive ketones (excluding diaryl/α,β-unsaturated/α-hetero) is 1. The van der Waals surface area contributed by atoms with Crippen LogP contribution in [0.15, 0.2) is 23.8 Å². The number of ketones is 1. The highest BCUT2D eigenvalue weighted by Gasteiger charge is 2.39. The maximum Gasteiger partial charge on any atom is 0.154 e. The number of carbonyl (C=O) groups is 2. The van der Waals surface area contributed by atoms with Gasteiger partial charge in [-0.05, 0) is 44.1 Å². The molecule has 1 aliphatic carbocycles. The predicted molar refractivity (Wildman–Crippen MR) is 112 cm³/mol. The van der Waals surface area contributed by atoms with E-state index in [4.69, 9.17) is 11.6 Å². The van der Waals surface area contributed by atoms with Gasteiger partial charge in [-0.25, -0.2) is 0 Å². The van der Waals surface area contributed by atoms with Gasteiger partial charge in [0, 0.05) is 17.4 Å². The first-order valence-electron chi connectivity index (χ1n) is 9.61. The van der Waals surface area contributed by atoms with Crippen LogP contribution in [0.1, 0.15) is 62.0 Å². The van der Waals surface area contributed by atoms with Crippen LogP contribution in [-0.4, -0.2) is 22.3 Å². The summed E-state index contributed by atoms with van der Waals surface area (Å²) >= 11 is 6.09. The summed E-state index contributed by atoms with van der Waals surface area (Å²) in [5, 5.41) is 20.7. The van der Waals surface area contributed by atoms with Crippen molar-refractivity contribution in [1.82, 2.24) is 0 Å². The molecule has 0 saturated heterocycles. The minimum atomic E-state index is -0.241. The molecule has 0 heterocycles. The highest BCUT2D eigenvalue weighted by atomic mass is 35.5. The summed E-state index contributed by atoms with van der Waals surface area (Å²) in [6.45, 7) is 9.59. The number of halogens is 1. The third-order valence-electron chi connectivity index (χ3n) is 6.26. The maximum atomic E-state index is 12.3. The Labute approximate surface area is 171 Å². The topological polar surface area (TPSA) is 74.6 Å². The average molecular weight is 405 g/mol. The van der Waals surface area contributed by atoms with Gasteiger partial charge in [-0.2, -0.15) is 0 Å². The van der Waals surface area contributed by atoms with Crippen molar-refractivity contribution < 1.29 is 19.8 Å². The fraction of sp³-hybridized carbons (Fsp3) is 0.478. The lowest BCUT2D eigenvalue weighted by atomic mass is 9.64. The van der Waals surface area contributed by atoms with E-state index < -0.39 is 0 Å². The van der Waals surface area contributed by atoms with E-state index in [1.807, 2.05) is 32.9 Å². The molecule has 4 nitrogen and oxygen atoms in total. The lowest BCUT2D eigenvalue weighted by Gasteiger charge is -2.39. The Morgan fingerprint density at radius 1 is 1.29 bits per heavy atom. The standard InChI is InChI=1S/C23H29ClO4/c1-13(8-10-23(5)11-9-14(2)20(26)16(23)4)6-7-17-21(27)18(12-25)15(3)19(24)22(17)28/h6,8,10,12,14,16,27-28H,7,9,11H2,1-5H3/b10-8+,13-6+/t14?,16?,23-/m0/s1. The number of carbonyl (C=O) groups excluding carboxylic acids is 2. The first kappa shape index (κ1) is 22.2. The van der Waals surface area contributed by atoms with Crippen LogP contribution in [0, 0.1) is 24.2 Å². The van der Waals surface area contributed by atoms with Gasteiger partial charge in [-0.15, -0.1) is 0 Å². The maximum absolute atomic E-state index is 12.3. The zero-order valence-electron chi connectivity index (χ0n) is 17.2. The molecule has 152 valence electrons. The van der Waals surface area contributed by atoms with Gasteiger partial charge in [0.1, 0.15) is 17.3 Å². The number of phenolic OH excluding ortho intramolecular Hbond substituents is 2. The van der Waals surface area contributed by atoms with Crippen LogP contribution in [0.25, 0.3) is 0 Å². The predicted octanol–water partition coefficient (Wildman–Crippen LogP) is 5.56. The molecule has 0 bridgehead atoms. The molecular weight excluding hydrogens is 376 g/mol. The van der Waals surface area contributed by atoms with Crippen LogP contribution in [-0.2, 0) is 11.2 Å². The summed E-state index contributed by atoms with van der Waals surface area (Å²) in [5.74, 6) is -0.0417. The number of allylic oxidation sites excluding steroid dienone is 4. The van der Waals surface area contributed by atoms with E-state index in [-0.39, 0.29) is 51.3 Å². The largest absolute Gasteiger partial charge is 0.507 e. The number of aromatic hydroxyl groups is 2. The molecule has 0 spiro atoms. The summed E-state index contributed by atoms with van der Waals surface area (Å²) in [4.78, 5) is 23.6. The van der Waals surface area contributed by atoms with Crippen LogP contribution in [0.2, 0.25) is 5.02 Å². The van der Waals surface area contributed by atoms with Gasteiger partial charge < -0.3 is 10.2 Å². The molecule has 2 unspecified atom stereocenters. The molecule has 0 radical (unpaired) electrons. The third-order valence-corrected chi connectivity index (χ3v) is 6.72. The van der Waals surface area contributed by atoms with Crippen molar-refractivity contribution in [3.63, 3.8) is 0 Å². The minimum absolute atomic E-state index is 0.0283. The van der Waals surface area contributed by atoms with E-state index in [0.717, 1.165) is 18.4 Å². The molecule has 0 amide bonds. The smallest absolute Gasteiger partial charge is 0.154 e. The average Bonchev–Trinajstić information content (AvgIpc) is 2.67. The number of aldehydes is 1. The summed E-state index contributed by atoms with van der Waals surface area (Å²) in [6.07, 6.45) is 8.55. The van der Waals surface area contributed by atoms with E-state index in [1.54, 1.807) is 6.92 Å². The normalized spacial score (nSPS) is 26.1. The second-order valence-corrected chi connectivity index (χ2v) is 8.58. The summed E-state index contributed by atoms with van der Waals surface area (Å²) in [7, 11) is 0. The first-order chi connectivity index (χ1) is 13.0. The number of benzene rings is 1. The van der Waals surface area contributed by atoms with Gasteiger partial charge in [0.05, 0.1) is 10.6 Å². The van der Waals surface area contributed by atoms with Crippen molar-refractivity contribution in [1.29, 1.82) is 0 Å². The summed E-state index contributed by atoms with van der Waals surface area (Å²) in [6, 6.07) is 0. The van der Waals surface area contributed by atoms with Gasteiger partial charge >= 0.3 is 0 Å². The van der Waals surface area contributed by atoms with E-state index in [1.165, 1.54) is 0 Å². The molecule has 28 heavy (non-hydrogen) atoms. The van der Waals surface area contributed by atoms with E-state index in [2.05, 4.69) is 13.0 Å². The van der Waals surface area contributed by atoms with E-state index in [9.17, 15) is 19.8 Å². The van der Waals surface area contributed by atoms with Crippen molar-refractivity contribution in [2.24, 2.45) is 17.3 Å². The lowest BCUT2D eigenvalue weighted by molar-refractivity contribution is -0.131. The molecule has 1 fully saturated rings. The van der Waals surface area contributed by atoms with Gasteiger partial charge in [-0.1, -0.05) is 56.2 Å². The molecule has 2 N–H and O–H groups in total. The highest BCUT2D eigenvalue weighted by Crippen LogP contribution is 2.43. The third kappa shape index (κ3) is 4.17. The number of hydrogen-bond donors (Lipinski definition) is 2. The second-order valence-electron chi connectivity index (χ2n) is 8.20. The molecule has 1 aliphatic rings. The van der Waals surface area contributed by atoms with Gasteiger partial charge in [-0.3, -0.25) is 9.59 Å². The highest BCUT2D eigenvalue weighted by molar-refractivity contribution is 6.33. The number of rotatable bonds is 5. The van der Waals surface area contributed by atoms with Crippen LogP contribution < -0.4 is 0 Å². The number of phenols is 2. The fourth-order valence-electron chi connectivity index (χ4n) is 3.74. The lowest BCUT2D eigenvalue weighted by Crippen LogP contribution is -2.38. The van der Waals surface area contributed by atoms with Crippen molar-refractivity contribution in [2.45, 2.75) is 53.9 Å². The molecule has 1 saturated carbocycles. The Morgan fingerprint density at radius 3 is 2.54 bits per heavy atom. The molecular formula is C23H29ClO4. The molecule has 3 atom stereocenters. The van der Waals surface area contributed by atoms with Crippen molar-refractivity contribution in [3.8, 4) is 11.5 Å². The van der Waals surface area contributed by atoms with Crippen LogP contribution >= 0.6 is 11.6 Å². The molecule has 0 aromatic heterocycles. The van der Waals surface area contributed by atoms with Gasteiger partial charge in [0.2, 0.25) is 0 Å². The Bertz CT molecular complexity index is 853. The van der Waals surface area contributed by atoms with Crippen LogP contribution in [0.4, 0.5) is 0 Å². The van der Waals surface area contributed by atoms with Crippen LogP contribution in [0.5, 0.6) is 11.5 Å². The minimum Gasteiger partial charge on any atom is -0.507 e. The molecule has 0 aliphatic heterocycles. The van der Waals surface area contributed by atoms with Crippen molar-refractivity contribution in [2.75, 3.05) is 0 Å². The zero-order valence-corrected chi connectivity index (χ0v) is 17.9. The van der Waals surface area contributed by atoms with Crippen molar-refractivity contribution in [3.05, 3.63) is 45.5 Å². The molecule has 2 rings (SSSR count). The molecule has 5 heteroatoms. The zero-order chi connectivity index (χ0) is 21.2. The van der Waals surface area contributed by atoms with Crippen molar-refractivity contribution >= 4 is 23.7 Å². The summed E-state index contributed by atoms with van der Waals surface area (Å²) in [5.41, 5.74) is 1.43. The Balaban J connectivity index is 2.24. The van der Waals surface area contributed by atoms with Gasteiger partial charge in [0.15, 0.2) is 6.29 Å². The SMILES string of the molecule is CC(/C=C/[C@@]1(C)CCC(C)C(=O)C1C)=C\Cc1c(O)c(Cl)c(C)c(C=O)c1O. The number of hydrogen-bond acceptors (Lipinski definition) is 4. The molecule has 1 aromatic rings. The first-order valence-corrected chi connectivity index (χ1v) is 9.99. The Morgan fingerprint density at radius 2 is 1.93 bits per heavy atom. The monoisotopic (exact) mass is 404 g/mol. The quantitative estimate of drug-likeness (QED) is 0.497. The van der Waals surface area contributed by atoms with E-state index in [0.29, 0.717) is 17.6 Å². The summed E-state index contributed by atoms with van der Waals surface area (Å²) < 4.78 is 0. The Hall–Kier alpha value is -2.07. The Kier molecular flexibility index (Phi) is 6.76. The van der Waals surface area contributed by atoms with Gasteiger partial charge in [0.25, 0.3) is 0 Å². The fourth-order valence-corrected chi connectivity index (χ4v) is 3.95. The second kappa shape index (κ2) is 8.52. The van der Waals surface area contributed by atoms with Crippen LogP contribution in [0.3, 0.4) is 0 Å².